The van der Waals surface area contributed by atoms with Gasteiger partial charge in [0.25, 0.3) is 11.1 Å². The highest BCUT2D eigenvalue weighted by atomic mass is 16.5. The molecule has 3 N–H and O–H groups in total. The normalized spacial score (nSPS) is 12.1. The van der Waals surface area contributed by atoms with Gasteiger partial charge in [0, 0.05) is 37.2 Å². The van der Waals surface area contributed by atoms with Crippen LogP contribution in [0.1, 0.15) is 77.6 Å². The highest BCUT2D eigenvalue weighted by Gasteiger charge is 2.25. The van der Waals surface area contributed by atoms with Crippen LogP contribution in [-0.2, 0) is 31.9 Å². The topological polar surface area (TPSA) is 146 Å². The fourth-order valence-corrected chi connectivity index (χ4v) is 4.50. The minimum Gasteiger partial charge on any atom is -0.464 e. The molecule has 0 aliphatic carbocycles. The first kappa shape index (κ1) is 40.7. The van der Waals surface area contributed by atoms with E-state index in [1.54, 1.807) is 38.4 Å². The van der Waals surface area contributed by atoms with Crippen molar-refractivity contribution >= 4 is 11.9 Å². The number of aromatic nitrogens is 2. The summed E-state index contributed by atoms with van der Waals surface area (Å²) in [5.41, 5.74) is 6.62. The Balaban J connectivity index is 0.000000799. The minimum atomic E-state index is -0.569. The number of carbonyl (C=O) groups excluding carboxylic acids is 2. The smallest absolute Gasteiger partial charge is 0.329 e. The van der Waals surface area contributed by atoms with Crippen molar-refractivity contribution in [2.75, 3.05) is 47.5 Å². The van der Waals surface area contributed by atoms with Gasteiger partial charge in [-0.3, -0.25) is 9.59 Å². The predicted molar refractivity (Wildman–Crippen MR) is 175 cm³/mol. The molecule has 0 spiro atoms. The van der Waals surface area contributed by atoms with Gasteiger partial charge >= 0.3 is 11.9 Å². The van der Waals surface area contributed by atoms with Gasteiger partial charge < -0.3 is 34.3 Å². The molecule has 2 unspecified atom stereocenters. The zero-order valence-electron chi connectivity index (χ0n) is 28.2. The van der Waals surface area contributed by atoms with Gasteiger partial charge in [-0.2, -0.15) is 0 Å². The number of likely N-dealkylation sites (N-methyl/N-ethyl adjacent to an activating group) is 1. The third kappa shape index (κ3) is 14.0. The van der Waals surface area contributed by atoms with Crippen molar-refractivity contribution < 1.29 is 24.2 Å². The van der Waals surface area contributed by atoms with Gasteiger partial charge in [0.05, 0.1) is 13.2 Å². The number of aliphatic hydroxyl groups excluding tert-OH is 1. The van der Waals surface area contributed by atoms with Gasteiger partial charge in [-0.05, 0) is 84.1 Å². The summed E-state index contributed by atoms with van der Waals surface area (Å²) in [7, 11) is 4.95. The lowest BCUT2D eigenvalue weighted by atomic mass is 10.0. The van der Waals surface area contributed by atoms with Gasteiger partial charge in [0.1, 0.15) is 12.1 Å². The molecule has 0 saturated carbocycles. The molecule has 0 bridgehead atoms. The van der Waals surface area contributed by atoms with Crippen LogP contribution < -0.4 is 16.9 Å². The molecule has 0 aliphatic rings. The van der Waals surface area contributed by atoms with Crippen molar-refractivity contribution in [1.29, 1.82) is 0 Å². The Kier molecular flexibility index (Phi) is 20.6. The van der Waals surface area contributed by atoms with Crippen molar-refractivity contribution in [2.24, 2.45) is 17.6 Å². The van der Waals surface area contributed by atoms with E-state index in [-0.39, 0.29) is 29.0 Å². The number of hydrogen-bond acceptors (Lipinski definition) is 9. The Labute approximate surface area is 263 Å². The van der Waals surface area contributed by atoms with Crippen molar-refractivity contribution in [3.8, 4) is 0 Å². The molecular formula is C33H56N4O7. The standard InChI is InChI=1S/C17H28N2O3.C15H24N2O3.CH4O/c1-6-22-17(21)15(12-13(2)3)19-10-7-8-14(16(19)20)9-11-18(4)5;1-4-20-15(19)13(10-11(2)3)17-9-5-6-12(7-8-16)14(17)18;1-2/h7-8,10,13,15H,6,9,11-12H2,1-5H3;5-6,9,11,13H,4,7-8,10,16H2,1-3H3;2H,1H3. The molecule has 2 rings (SSSR count). The van der Waals surface area contributed by atoms with Gasteiger partial charge in [0.2, 0.25) is 0 Å². The number of carbonyl (C=O) groups is 2. The van der Waals surface area contributed by atoms with E-state index in [4.69, 9.17) is 20.3 Å². The summed E-state index contributed by atoms with van der Waals surface area (Å²) in [6, 6.07) is 6.08. The highest BCUT2D eigenvalue weighted by Crippen LogP contribution is 2.19. The number of rotatable bonds is 15. The summed E-state index contributed by atoms with van der Waals surface area (Å²) in [6.45, 7) is 13.5. The van der Waals surface area contributed by atoms with Gasteiger partial charge in [-0.15, -0.1) is 0 Å². The first-order chi connectivity index (χ1) is 20.9. The van der Waals surface area contributed by atoms with Crippen LogP contribution in [0.2, 0.25) is 0 Å². The molecule has 11 heteroatoms. The molecule has 2 atom stereocenters. The van der Waals surface area contributed by atoms with Crippen LogP contribution in [0.3, 0.4) is 0 Å². The Morgan fingerprint density at radius 1 is 0.795 bits per heavy atom. The largest absolute Gasteiger partial charge is 0.464 e. The molecule has 0 amide bonds. The maximum absolute atomic E-state index is 12.6. The van der Waals surface area contributed by atoms with Crippen LogP contribution in [0.4, 0.5) is 0 Å². The SMILES string of the molecule is CCOC(=O)C(CC(C)C)n1cccc(CCN(C)C)c1=O.CCOC(=O)C(CC(C)C)n1cccc(CCN)c1=O.CO. The molecule has 250 valence electrons. The van der Waals surface area contributed by atoms with E-state index in [0.717, 1.165) is 19.2 Å². The maximum Gasteiger partial charge on any atom is 0.329 e. The molecule has 2 heterocycles. The second kappa shape index (κ2) is 22.3. The van der Waals surface area contributed by atoms with E-state index in [1.807, 2.05) is 58.8 Å². The fourth-order valence-electron chi connectivity index (χ4n) is 4.50. The van der Waals surface area contributed by atoms with E-state index in [2.05, 4.69) is 0 Å². The van der Waals surface area contributed by atoms with Crippen LogP contribution >= 0.6 is 0 Å². The van der Waals surface area contributed by atoms with Gasteiger partial charge in [-0.1, -0.05) is 39.8 Å². The van der Waals surface area contributed by atoms with Crippen molar-refractivity contribution in [3.63, 3.8) is 0 Å². The molecule has 0 saturated heterocycles. The Morgan fingerprint density at radius 3 is 1.50 bits per heavy atom. The molecule has 44 heavy (non-hydrogen) atoms. The molecular weight excluding hydrogens is 564 g/mol. The van der Waals surface area contributed by atoms with Gasteiger partial charge in [-0.25, -0.2) is 9.59 Å². The van der Waals surface area contributed by atoms with E-state index in [9.17, 15) is 19.2 Å². The quantitative estimate of drug-likeness (QED) is 0.287. The second-order valence-electron chi connectivity index (χ2n) is 11.4. The molecule has 0 radical (unpaired) electrons. The highest BCUT2D eigenvalue weighted by molar-refractivity contribution is 5.74. The van der Waals surface area contributed by atoms with E-state index in [0.29, 0.717) is 56.9 Å². The first-order valence-corrected chi connectivity index (χ1v) is 15.4. The van der Waals surface area contributed by atoms with Crippen LogP contribution in [-0.4, -0.2) is 78.6 Å². The summed E-state index contributed by atoms with van der Waals surface area (Å²) < 4.78 is 13.2. The molecule has 11 nitrogen and oxygen atoms in total. The average molecular weight is 621 g/mol. The molecule has 2 aromatic rings. The summed E-state index contributed by atoms with van der Waals surface area (Å²) in [4.78, 5) is 51.4. The Morgan fingerprint density at radius 2 is 1.18 bits per heavy atom. The number of nitrogens with zero attached hydrogens (tertiary/aromatic N) is 3. The van der Waals surface area contributed by atoms with E-state index < -0.39 is 12.1 Å². The lowest BCUT2D eigenvalue weighted by Gasteiger charge is -2.21. The Bertz CT molecular complexity index is 1220. The maximum atomic E-state index is 12.6. The summed E-state index contributed by atoms with van der Waals surface area (Å²) in [5, 5.41) is 7.00. The van der Waals surface area contributed by atoms with Crippen molar-refractivity contribution in [2.45, 2.75) is 79.3 Å². The van der Waals surface area contributed by atoms with E-state index in [1.165, 1.54) is 9.13 Å². The summed E-state index contributed by atoms with van der Waals surface area (Å²) in [6.07, 6.45) is 5.68. The molecule has 0 aromatic carbocycles. The predicted octanol–water partition coefficient (Wildman–Crippen LogP) is 3.21. The number of nitrogens with two attached hydrogens (primary N) is 1. The van der Waals surface area contributed by atoms with E-state index >= 15 is 0 Å². The first-order valence-electron chi connectivity index (χ1n) is 15.4. The number of esters is 2. The Hall–Kier alpha value is -3.28. The van der Waals surface area contributed by atoms with Crippen LogP contribution in [0.5, 0.6) is 0 Å². The lowest BCUT2D eigenvalue weighted by Crippen LogP contribution is -2.34. The monoisotopic (exact) mass is 620 g/mol. The van der Waals surface area contributed by atoms with Crippen molar-refractivity contribution in [1.82, 2.24) is 14.0 Å². The number of ether oxygens (including phenoxy) is 2. The van der Waals surface area contributed by atoms with Gasteiger partial charge in [0.15, 0.2) is 0 Å². The number of pyridine rings is 2. The number of hydrogen-bond donors (Lipinski definition) is 2. The van der Waals surface area contributed by atoms with Crippen LogP contribution in [0, 0.1) is 11.8 Å². The third-order valence-electron chi connectivity index (χ3n) is 6.53. The fraction of sp³-hybridized carbons (Fsp3) is 0.636. The third-order valence-corrected chi connectivity index (χ3v) is 6.53. The average Bonchev–Trinajstić information content (AvgIpc) is 2.97. The lowest BCUT2D eigenvalue weighted by molar-refractivity contribution is -0.148. The van der Waals surface area contributed by atoms with Crippen LogP contribution in [0.25, 0.3) is 0 Å². The zero-order chi connectivity index (χ0) is 33.8. The minimum absolute atomic E-state index is 0.0944. The zero-order valence-corrected chi connectivity index (χ0v) is 28.2. The molecule has 0 fully saturated rings. The second-order valence-corrected chi connectivity index (χ2v) is 11.4. The van der Waals surface area contributed by atoms with Crippen molar-refractivity contribution in [3.05, 3.63) is 68.5 Å². The molecule has 0 aliphatic heterocycles. The summed E-state index contributed by atoms with van der Waals surface area (Å²) >= 11 is 0. The number of aliphatic hydroxyl groups is 1. The summed E-state index contributed by atoms with van der Waals surface area (Å²) in [5.74, 6) is -0.0996. The van der Waals surface area contributed by atoms with Crippen LogP contribution in [0.15, 0.2) is 46.2 Å². The molecule has 2 aromatic heterocycles.